The number of nitrogens with one attached hydrogen (secondary N) is 1. The quantitative estimate of drug-likeness (QED) is 0.900. The molecule has 0 aliphatic heterocycles. The number of hydrogen-bond acceptors (Lipinski definition) is 2. The van der Waals surface area contributed by atoms with Crippen molar-refractivity contribution < 1.29 is 13.6 Å². The molecule has 1 aromatic heterocycles. The Balaban J connectivity index is 1.64. The lowest BCUT2D eigenvalue weighted by molar-refractivity contribution is -0.119. The molecule has 24 heavy (non-hydrogen) atoms. The summed E-state index contributed by atoms with van der Waals surface area (Å²) < 4.78 is 26.1. The van der Waals surface area contributed by atoms with Gasteiger partial charge in [0.2, 0.25) is 5.91 Å². The highest BCUT2D eigenvalue weighted by Crippen LogP contribution is 2.51. The first-order valence-corrected chi connectivity index (χ1v) is 8.20. The number of aromatic nitrogens is 1. The first-order valence-electron chi connectivity index (χ1n) is 8.20. The Morgan fingerprint density at radius 1 is 1.29 bits per heavy atom. The molecule has 0 saturated heterocycles. The zero-order valence-corrected chi connectivity index (χ0v) is 13.3. The number of rotatable bonds is 4. The topological polar surface area (TPSA) is 42.0 Å². The molecule has 4 rings (SSSR count). The van der Waals surface area contributed by atoms with E-state index in [1.54, 1.807) is 12.3 Å². The van der Waals surface area contributed by atoms with Crippen LogP contribution in [0.4, 0.5) is 14.5 Å². The Labute approximate surface area is 139 Å². The third-order valence-corrected chi connectivity index (χ3v) is 4.91. The third kappa shape index (κ3) is 2.79. The van der Waals surface area contributed by atoms with Gasteiger partial charge in [-0.05, 0) is 48.1 Å². The molecule has 3 nitrogen and oxygen atoms in total. The van der Waals surface area contributed by atoms with E-state index in [0.29, 0.717) is 17.5 Å². The number of nitrogens with zero attached hydrogens (tertiary/aromatic N) is 1. The minimum absolute atomic E-state index is 0.358. The Morgan fingerprint density at radius 2 is 2.04 bits per heavy atom. The molecule has 5 heteroatoms. The molecule has 2 aromatic rings. The molecule has 2 aliphatic rings. The van der Waals surface area contributed by atoms with Crippen molar-refractivity contribution in [2.24, 2.45) is 11.8 Å². The number of benzene rings is 1. The molecule has 0 unspecified atom stereocenters. The fourth-order valence-electron chi connectivity index (χ4n) is 3.18. The summed E-state index contributed by atoms with van der Waals surface area (Å²) in [6, 6.07) is 11.3. The van der Waals surface area contributed by atoms with Gasteiger partial charge in [0.15, 0.2) is 0 Å². The second kappa shape index (κ2) is 5.36. The first kappa shape index (κ1) is 15.2. The summed E-state index contributed by atoms with van der Waals surface area (Å²) in [6.45, 7) is 2.21. The molecular formula is C19H18F2N2O. The molecule has 0 bridgehead atoms. The molecule has 1 amide bonds. The number of pyridine rings is 1. The molecule has 3 atom stereocenters. The van der Waals surface area contributed by atoms with Gasteiger partial charge >= 0.3 is 0 Å². The van der Waals surface area contributed by atoms with Crippen molar-refractivity contribution in [3.63, 3.8) is 0 Å². The van der Waals surface area contributed by atoms with Crippen molar-refractivity contribution in [3.8, 4) is 11.3 Å². The normalized spacial score (nSPS) is 26.7. The fourth-order valence-corrected chi connectivity index (χ4v) is 3.18. The largest absolute Gasteiger partial charge is 0.326 e. The SMILES string of the molecule is C[C@@H]1C[C@H]1c1ccc(NC(=O)[C@@H]2CC2(F)F)cc1-c1ccccn1. The van der Waals surface area contributed by atoms with Crippen molar-refractivity contribution in [1.82, 2.24) is 4.98 Å². The Hall–Kier alpha value is -2.30. The second-order valence-corrected chi connectivity index (χ2v) is 6.84. The van der Waals surface area contributed by atoms with Crippen LogP contribution in [0, 0.1) is 11.8 Å². The highest BCUT2D eigenvalue weighted by molar-refractivity contribution is 5.96. The zero-order valence-electron chi connectivity index (χ0n) is 13.3. The van der Waals surface area contributed by atoms with Gasteiger partial charge in [0, 0.05) is 23.9 Å². The highest BCUT2D eigenvalue weighted by Gasteiger charge is 2.61. The monoisotopic (exact) mass is 328 g/mol. The lowest BCUT2D eigenvalue weighted by Gasteiger charge is -2.12. The van der Waals surface area contributed by atoms with Crippen molar-refractivity contribution >= 4 is 11.6 Å². The highest BCUT2D eigenvalue weighted by atomic mass is 19.3. The van der Waals surface area contributed by atoms with Gasteiger partial charge in [0.25, 0.3) is 5.92 Å². The van der Waals surface area contributed by atoms with E-state index in [9.17, 15) is 13.6 Å². The van der Waals surface area contributed by atoms with E-state index in [1.165, 1.54) is 5.56 Å². The molecule has 2 fully saturated rings. The minimum Gasteiger partial charge on any atom is -0.326 e. The van der Waals surface area contributed by atoms with E-state index in [0.717, 1.165) is 17.7 Å². The van der Waals surface area contributed by atoms with Gasteiger partial charge in [-0.2, -0.15) is 0 Å². The van der Waals surface area contributed by atoms with E-state index >= 15 is 0 Å². The summed E-state index contributed by atoms with van der Waals surface area (Å²) in [5, 5.41) is 2.62. The number of anilines is 1. The Bertz CT molecular complexity index is 791. The van der Waals surface area contributed by atoms with Crippen LogP contribution in [-0.2, 0) is 4.79 Å². The first-order chi connectivity index (χ1) is 11.5. The average Bonchev–Trinajstić information content (AvgIpc) is 3.45. The Kier molecular flexibility index (Phi) is 3.41. The van der Waals surface area contributed by atoms with Crippen molar-refractivity contribution in [3.05, 3.63) is 48.2 Å². The number of halogens is 2. The van der Waals surface area contributed by atoms with Crippen LogP contribution in [0.1, 0.15) is 31.2 Å². The number of hydrogen-bond donors (Lipinski definition) is 1. The number of amides is 1. The maximum Gasteiger partial charge on any atom is 0.260 e. The maximum absolute atomic E-state index is 13.0. The summed E-state index contributed by atoms with van der Waals surface area (Å²) >= 11 is 0. The van der Waals surface area contributed by atoms with Crippen LogP contribution in [0.15, 0.2) is 42.6 Å². The summed E-state index contributed by atoms with van der Waals surface area (Å²) in [5.74, 6) is -3.52. The van der Waals surface area contributed by atoms with E-state index in [4.69, 9.17) is 0 Å². The van der Waals surface area contributed by atoms with Crippen LogP contribution >= 0.6 is 0 Å². The van der Waals surface area contributed by atoms with Crippen molar-refractivity contribution in [2.45, 2.75) is 31.6 Å². The van der Waals surface area contributed by atoms with Gasteiger partial charge in [0.05, 0.1) is 5.69 Å². The molecule has 2 aliphatic carbocycles. The van der Waals surface area contributed by atoms with Crippen LogP contribution in [0.2, 0.25) is 0 Å². The van der Waals surface area contributed by atoms with Crippen LogP contribution in [-0.4, -0.2) is 16.8 Å². The third-order valence-electron chi connectivity index (χ3n) is 4.91. The second-order valence-electron chi connectivity index (χ2n) is 6.84. The van der Waals surface area contributed by atoms with Gasteiger partial charge in [-0.25, -0.2) is 8.78 Å². The molecule has 1 aromatic carbocycles. The van der Waals surface area contributed by atoms with Gasteiger partial charge in [-0.15, -0.1) is 0 Å². The van der Waals surface area contributed by atoms with Crippen molar-refractivity contribution in [1.29, 1.82) is 0 Å². The van der Waals surface area contributed by atoms with Gasteiger partial charge in [0.1, 0.15) is 5.92 Å². The molecule has 1 N–H and O–H groups in total. The number of carbonyl (C=O) groups is 1. The number of carbonyl (C=O) groups excluding carboxylic acids is 1. The van der Waals surface area contributed by atoms with Crippen LogP contribution in [0.5, 0.6) is 0 Å². The zero-order chi connectivity index (χ0) is 16.9. The lowest BCUT2D eigenvalue weighted by atomic mass is 9.98. The molecule has 1 heterocycles. The lowest BCUT2D eigenvalue weighted by Crippen LogP contribution is -2.17. The van der Waals surface area contributed by atoms with Crippen molar-refractivity contribution in [2.75, 3.05) is 5.32 Å². The van der Waals surface area contributed by atoms with E-state index in [2.05, 4.69) is 17.2 Å². The molecular weight excluding hydrogens is 310 g/mol. The van der Waals surface area contributed by atoms with Gasteiger partial charge in [-0.3, -0.25) is 9.78 Å². The fraction of sp³-hybridized carbons (Fsp3) is 0.368. The van der Waals surface area contributed by atoms with E-state index in [1.807, 2.05) is 30.3 Å². The maximum atomic E-state index is 13.0. The van der Waals surface area contributed by atoms with Crippen LogP contribution in [0.3, 0.4) is 0 Å². The molecule has 2 saturated carbocycles. The van der Waals surface area contributed by atoms with E-state index < -0.39 is 17.7 Å². The molecule has 0 spiro atoms. The molecule has 124 valence electrons. The summed E-state index contributed by atoms with van der Waals surface area (Å²) in [5.41, 5.74) is 3.54. The summed E-state index contributed by atoms with van der Waals surface area (Å²) in [7, 11) is 0. The number of alkyl halides is 2. The van der Waals surface area contributed by atoms with Gasteiger partial charge in [-0.1, -0.05) is 19.1 Å². The Morgan fingerprint density at radius 3 is 2.62 bits per heavy atom. The van der Waals surface area contributed by atoms with Crippen LogP contribution < -0.4 is 5.32 Å². The predicted molar refractivity (Wildman–Crippen MR) is 87.9 cm³/mol. The van der Waals surface area contributed by atoms with Crippen LogP contribution in [0.25, 0.3) is 11.3 Å². The minimum atomic E-state index is -2.85. The average molecular weight is 328 g/mol. The standard InChI is InChI=1S/C19H18F2N2O/c1-11-8-14(11)13-6-5-12(23-18(24)16-10-19(16,20)21)9-15(13)17-4-2-3-7-22-17/h2-7,9,11,14,16H,8,10H2,1H3,(H,23,24)/t11-,14-,16+/m1/s1. The van der Waals surface area contributed by atoms with Gasteiger partial charge < -0.3 is 5.32 Å². The summed E-state index contributed by atoms with van der Waals surface area (Å²) in [4.78, 5) is 16.3. The smallest absolute Gasteiger partial charge is 0.260 e. The predicted octanol–water partition coefficient (Wildman–Crippen LogP) is 4.47. The van der Waals surface area contributed by atoms with E-state index in [-0.39, 0.29) is 6.42 Å². The molecule has 0 radical (unpaired) electrons. The summed E-state index contributed by atoms with van der Waals surface area (Å²) in [6.07, 6.45) is 2.51.